The van der Waals surface area contributed by atoms with E-state index in [-0.39, 0.29) is 6.42 Å². The van der Waals surface area contributed by atoms with Crippen LogP contribution in [-0.2, 0) is 9.53 Å². The van der Waals surface area contributed by atoms with Gasteiger partial charge in [0.15, 0.2) is 6.10 Å². The summed E-state index contributed by atoms with van der Waals surface area (Å²) in [6, 6.07) is 5.91. The summed E-state index contributed by atoms with van der Waals surface area (Å²) in [7, 11) is 0. The number of nitrogens with two attached hydrogens (primary N) is 1. The van der Waals surface area contributed by atoms with E-state index in [9.17, 15) is 9.90 Å². The molecule has 5 N–H and O–H groups in total. The maximum absolute atomic E-state index is 13.0. The summed E-state index contributed by atoms with van der Waals surface area (Å²) in [5.41, 5.74) is 8.24. The third-order valence-corrected chi connectivity index (χ3v) is 6.52. The highest BCUT2D eigenvalue weighted by Crippen LogP contribution is 2.35. The van der Waals surface area contributed by atoms with Crippen molar-refractivity contribution in [3.8, 4) is 5.69 Å². The first-order valence-corrected chi connectivity index (χ1v) is 11.5. The molecule has 35 heavy (non-hydrogen) atoms. The molecule has 3 atom stereocenters. The van der Waals surface area contributed by atoms with Gasteiger partial charge in [-0.25, -0.2) is 19.6 Å². The standard InChI is InChI=1S/C23H25N9O3/c24-21-19-15(32-8-2-6-28-32)11-31(22(19)27-12-26-21)18-10-16(33)20(35-18)23(34)30-17-9-14(5-7-25-17)29-13-3-1-4-13/h2,5-9,11-13,16,18,20,33H,1,3-4,10H2,(H2,24,26,27)(H2,25,29,30,34)/t16-,18+,20-/m0/s1. The number of hydrogen-bond donors (Lipinski definition) is 4. The molecule has 2 aliphatic rings. The van der Waals surface area contributed by atoms with Crippen molar-refractivity contribution in [1.29, 1.82) is 0 Å². The zero-order valence-electron chi connectivity index (χ0n) is 18.8. The first-order valence-electron chi connectivity index (χ1n) is 11.5. The molecule has 1 aliphatic heterocycles. The number of ether oxygens (including phenoxy) is 1. The van der Waals surface area contributed by atoms with Gasteiger partial charge in [-0.2, -0.15) is 5.10 Å². The van der Waals surface area contributed by atoms with Crippen molar-refractivity contribution in [3.63, 3.8) is 0 Å². The SMILES string of the molecule is Nc1ncnc2c1c(-n1cccn1)cn2[C@H]1C[C@H](O)[C@@H](C(=O)Nc2cc(NC3CCC3)ccn2)O1. The van der Waals surface area contributed by atoms with Crippen molar-refractivity contribution < 1.29 is 14.6 Å². The predicted molar refractivity (Wildman–Crippen MR) is 128 cm³/mol. The Kier molecular flexibility index (Phi) is 5.30. The van der Waals surface area contributed by atoms with Gasteiger partial charge in [0.25, 0.3) is 5.91 Å². The number of nitrogens with zero attached hydrogens (tertiary/aromatic N) is 6. The number of fused-ring (bicyclic) bond motifs is 1. The lowest BCUT2D eigenvalue weighted by Crippen LogP contribution is -2.35. The van der Waals surface area contributed by atoms with E-state index in [2.05, 4.69) is 30.7 Å². The van der Waals surface area contributed by atoms with E-state index in [1.807, 2.05) is 6.07 Å². The van der Waals surface area contributed by atoms with Crippen molar-refractivity contribution in [1.82, 2.24) is 29.3 Å². The summed E-state index contributed by atoms with van der Waals surface area (Å²) in [4.78, 5) is 25.7. The number of hydrogen-bond acceptors (Lipinski definition) is 9. The topological polar surface area (TPSA) is 158 Å². The molecule has 1 amide bonds. The number of aromatic nitrogens is 6. The molecular formula is C23H25N9O3. The van der Waals surface area contributed by atoms with E-state index < -0.39 is 24.3 Å². The summed E-state index contributed by atoms with van der Waals surface area (Å²) in [6.07, 6.45) is 9.21. The molecule has 0 aromatic carbocycles. The summed E-state index contributed by atoms with van der Waals surface area (Å²) >= 11 is 0. The summed E-state index contributed by atoms with van der Waals surface area (Å²) in [5, 5.41) is 21.8. The van der Waals surface area contributed by atoms with Crippen LogP contribution in [0.5, 0.6) is 0 Å². The zero-order valence-corrected chi connectivity index (χ0v) is 18.8. The lowest BCUT2D eigenvalue weighted by Gasteiger charge is -2.27. The summed E-state index contributed by atoms with van der Waals surface area (Å²) in [5.74, 6) is 0.228. The molecule has 1 saturated carbocycles. The van der Waals surface area contributed by atoms with Crippen LogP contribution in [0.1, 0.15) is 31.9 Å². The third-order valence-electron chi connectivity index (χ3n) is 6.52. The quantitative estimate of drug-likeness (QED) is 0.326. The maximum Gasteiger partial charge on any atom is 0.257 e. The Morgan fingerprint density at radius 2 is 2.11 bits per heavy atom. The Morgan fingerprint density at radius 1 is 1.23 bits per heavy atom. The van der Waals surface area contributed by atoms with Gasteiger partial charge in [-0.15, -0.1) is 0 Å². The third kappa shape index (κ3) is 3.96. The second-order valence-electron chi connectivity index (χ2n) is 8.84. The number of carbonyl (C=O) groups excluding carboxylic acids is 1. The van der Waals surface area contributed by atoms with E-state index >= 15 is 0 Å². The number of nitrogen functional groups attached to an aromatic ring is 1. The van der Waals surface area contributed by atoms with Crippen LogP contribution in [-0.4, -0.2) is 58.6 Å². The molecule has 5 heterocycles. The van der Waals surface area contributed by atoms with Crippen molar-refractivity contribution >= 4 is 34.3 Å². The van der Waals surface area contributed by atoms with Gasteiger partial charge in [-0.05, 0) is 31.4 Å². The lowest BCUT2D eigenvalue weighted by atomic mass is 9.93. The number of aliphatic hydroxyl groups is 1. The molecule has 1 saturated heterocycles. The van der Waals surface area contributed by atoms with E-state index in [1.165, 1.54) is 12.7 Å². The summed E-state index contributed by atoms with van der Waals surface area (Å²) in [6.45, 7) is 0. The van der Waals surface area contributed by atoms with Gasteiger partial charge in [0.1, 0.15) is 29.8 Å². The average molecular weight is 476 g/mol. The fourth-order valence-corrected chi connectivity index (χ4v) is 4.53. The molecule has 2 fully saturated rings. The van der Waals surface area contributed by atoms with Crippen LogP contribution in [0.25, 0.3) is 16.7 Å². The number of pyridine rings is 1. The zero-order chi connectivity index (χ0) is 23.9. The van der Waals surface area contributed by atoms with Gasteiger partial charge in [-0.1, -0.05) is 0 Å². The van der Waals surface area contributed by atoms with Gasteiger partial charge in [0.05, 0.1) is 17.2 Å². The van der Waals surface area contributed by atoms with Gasteiger partial charge in [-0.3, -0.25) is 4.79 Å². The van der Waals surface area contributed by atoms with E-state index in [4.69, 9.17) is 10.5 Å². The van der Waals surface area contributed by atoms with E-state index in [1.54, 1.807) is 46.2 Å². The highest BCUT2D eigenvalue weighted by Gasteiger charge is 2.40. The molecule has 1 aliphatic carbocycles. The Hall–Kier alpha value is -4.03. The van der Waals surface area contributed by atoms with Gasteiger partial charge < -0.3 is 30.8 Å². The Labute approximate surface area is 200 Å². The molecule has 0 unspecified atom stereocenters. The Bertz CT molecular complexity index is 1370. The number of nitrogens with one attached hydrogen (secondary N) is 2. The normalized spacial score (nSPS) is 22.3. The minimum atomic E-state index is -1.07. The van der Waals surface area contributed by atoms with E-state index in [0.717, 1.165) is 18.5 Å². The largest absolute Gasteiger partial charge is 0.390 e. The lowest BCUT2D eigenvalue weighted by molar-refractivity contribution is -0.132. The van der Waals surface area contributed by atoms with Crippen molar-refractivity contribution in [3.05, 3.63) is 49.3 Å². The molecule has 4 aromatic rings. The molecule has 180 valence electrons. The maximum atomic E-state index is 13.0. The fourth-order valence-electron chi connectivity index (χ4n) is 4.53. The van der Waals surface area contributed by atoms with Crippen LogP contribution >= 0.6 is 0 Å². The number of amides is 1. The monoisotopic (exact) mass is 475 g/mol. The Balaban J connectivity index is 1.22. The molecule has 12 heteroatoms. The van der Waals surface area contributed by atoms with Crippen molar-refractivity contribution in [2.75, 3.05) is 16.4 Å². The molecule has 6 rings (SSSR count). The number of aliphatic hydroxyl groups excluding tert-OH is 1. The number of rotatable bonds is 6. The summed E-state index contributed by atoms with van der Waals surface area (Å²) < 4.78 is 9.43. The second kappa shape index (κ2) is 8.64. The van der Waals surface area contributed by atoms with Crippen LogP contribution in [0.4, 0.5) is 17.3 Å². The minimum absolute atomic E-state index is 0.195. The predicted octanol–water partition coefficient (Wildman–Crippen LogP) is 1.85. The van der Waals surface area contributed by atoms with Crippen LogP contribution in [0.2, 0.25) is 0 Å². The molecule has 4 aromatic heterocycles. The van der Waals surface area contributed by atoms with Gasteiger partial charge in [0, 0.05) is 49.0 Å². The fraction of sp³-hybridized carbons (Fsp3) is 0.348. The van der Waals surface area contributed by atoms with Crippen LogP contribution < -0.4 is 16.4 Å². The second-order valence-corrected chi connectivity index (χ2v) is 8.84. The van der Waals surface area contributed by atoms with Crippen LogP contribution in [0.15, 0.2) is 49.3 Å². The smallest absolute Gasteiger partial charge is 0.257 e. The van der Waals surface area contributed by atoms with E-state index in [0.29, 0.717) is 34.4 Å². The van der Waals surface area contributed by atoms with Crippen molar-refractivity contribution in [2.24, 2.45) is 0 Å². The molecular weight excluding hydrogens is 450 g/mol. The molecule has 0 spiro atoms. The minimum Gasteiger partial charge on any atom is -0.390 e. The number of carbonyl (C=O) groups is 1. The first kappa shape index (κ1) is 21.5. The first-order chi connectivity index (χ1) is 17.1. The molecule has 0 bridgehead atoms. The van der Waals surface area contributed by atoms with Crippen LogP contribution in [0.3, 0.4) is 0 Å². The van der Waals surface area contributed by atoms with Crippen LogP contribution in [0, 0.1) is 0 Å². The Morgan fingerprint density at radius 3 is 2.89 bits per heavy atom. The molecule has 12 nitrogen and oxygen atoms in total. The highest BCUT2D eigenvalue weighted by molar-refractivity contribution is 5.95. The van der Waals surface area contributed by atoms with Gasteiger partial charge in [0.2, 0.25) is 0 Å². The van der Waals surface area contributed by atoms with Crippen molar-refractivity contribution in [2.45, 2.75) is 50.2 Å². The number of anilines is 3. The average Bonchev–Trinajstić information content (AvgIpc) is 3.55. The molecule has 0 radical (unpaired) electrons. The highest BCUT2D eigenvalue weighted by atomic mass is 16.5. The van der Waals surface area contributed by atoms with Gasteiger partial charge >= 0.3 is 0 Å².